The van der Waals surface area contributed by atoms with Crippen molar-refractivity contribution in [3.8, 4) is 0 Å². The zero-order valence-corrected chi connectivity index (χ0v) is 41.0. The highest BCUT2D eigenvalue weighted by Gasteiger charge is 2.19. The molecule has 0 spiro atoms. The van der Waals surface area contributed by atoms with Crippen molar-refractivity contribution in [3.05, 3.63) is 122 Å². The van der Waals surface area contributed by atoms with E-state index in [1.165, 1.54) is 64.2 Å². The van der Waals surface area contributed by atoms with E-state index in [1.807, 2.05) is 72.9 Å². The van der Waals surface area contributed by atoms with Gasteiger partial charge in [-0.1, -0.05) is 239 Å². The largest absolute Gasteiger partial charge is 0.462 e. The monoisotopic (exact) mass is 885 g/mol. The molecule has 0 aliphatic rings. The summed E-state index contributed by atoms with van der Waals surface area (Å²) in [5, 5.41) is 0. The van der Waals surface area contributed by atoms with Gasteiger partial charge in [-0.25, -0.2) is 0 Å². The van der Waals surface area contributed by atoms with Crippen molar-refractivity contribution >= 4 is 17.9 Å². The first kappa shape index (κ1) is 59.8. The van der Waals surface area contributed by atoms with Crippen LogP contribution < -0.4 is 0 Å². The molecule has 360 valence electrons. The Kier molecular flexibility index (Phi) is 48.1. The van der Waals surface area contributed by atoms with Crippen LogP contribution in [0.5, 0.6) is 0 Å². The lowest BCUT2D eigenvalue weighted by atomic mass is 10.0. The van der Waals surface area contributed by atoms with Gasteiger partial charge in [-0.2, -0.15) is 0 Å². The summed E-state index contributed by atoms with van der Waals surface area (Å²) in [6.07, 6.45) is 70.3. The molecular formula is C58H92O6. The third-order valence-electron chi connectivity index (χ3n) is 10.4. The SMILES string of the molecule is CC\C=C/C=C\C=C/C=C\C=C\C=C/C=C\CCCCCC(=O)OCC(COC(=O)CCCCCCCCCCCCCCC)OC(=O)CCCCCC/C=C\C/C=C\C/C=C\CC. The maximum Gasteiger partial charge on any atom is 0.306 e. The first-order chi connectivity index (χ1) is 31.5. The molecule has 0 fully saturated rings. The minimum Gasteiger partial charge on any atom is -0.462 e. The first-order valence-corrected chi connectivity index (χ1v) is 25.6. The second-order valence-corrected chi connectivity index (χ2v) is 16.5. The van der Waals surface area contributed by atoms with E-state index in [0.29, 0.717) is 12.8 Å². The number of unbranched alkanes of at least 4 members (excludes halogenated alkanes) is 19. The van der Waals surface area contributed by atoms with Crippen molar-refractivity contribution in [3.63, 3.8) is 0 Å². The van der Waals surface area contributed by atoms with Gasteiger partial charge in [0.25, 0.3) is 0 Å². The van der Waals surface area contributed by atoms with Gasteiger partial charge in [0.15, 0.2) is 6.10 Å². The molecule has 0 N–H and O–H groups in total. The van der Waals surface area contributed by atoms with Gasteiger partial charge in [-0.05, 0) is 70.6 Å². The van der Waals surface area contributed by atoms with Gasteiger partial charge in [-0.3, -0.25) is 14.4 Å². The summed E-state index contributed by atoms with van der Waals surface area (Å²) in [6, 6.07) is 0. The van der Waals surface area contributed by atoms with Crippen molar-refractivity contribution in [1.82, 2.24) is 0 Å². The number of hydrogen-bond donors (Lipinski definition) is 0. The lowest BCUT2D eigenvalue weighted by molar-refractivity contribution is -0.167. The van der Waals surface area contributed by atoms with Crippen molar-refractivity contribution in [2.75, 3.05) is 13.2 Å². The van der Waals surface area contributed by atoms with E-state index in [9.17, 15) is 14.4 Å². The highest BCUT2D eigenvalue weighted by molar-refractivity contribution is 5.71. The molecule has 0 aromatic carbocycles. The molecule has 0 aliphatic heterocycles. The summed E-state index contributed by atoms with van der Waals surface area (Å²) < 4.78 is 16.7. The van der Waals surface area contributed by atoms with Crippen LogP contribution in [0, 0.1) is 0 Å². The van der Waals surface area contributed by atoms with Crippen LogP contribution in [0.2, 0.25) is 0 Å². The van der Waals surface area contributed by atoms with Crippen LogP contribution in [0.4, 0.5) is 0 Å². The summed E-state index contributed by atoms with van der Waals surface area (Å²) in [6.45, 7) is 6.30. The Morgan fingerprint density at radius 2 is 0.688 bits per heavy atom. The summed E-state index contributed by atoms with van der Waals surface area (Å²) >= 11 is 0. The van der Waals surface area contributed by atoms with Crippen LogP contribution in [0.15, 0.2) is 122 Å². The van der Waals surface area contributed by atoms with Gasteiger partial charge in [0, 0.05) is 19.3 Å². The van der Waals surface area contributed by atoms with Gasteiger partial charge in [-0.15, -0.1) is 0 Å². The molecular weight excluding hydrogens is 793 g/mol. The topological polar surface area (TPSA) is 78.9 Å². The lowest BCUT2D eigenvalue weighted by Gasteiger charge is -2.18. The highest BCUT2D eigenvalue weighted by atomic mass is 16.6. The summed E-state index contributed by atoms with van der Waals surface area (Å²) in [5.41, 5.74) is 0. The Hall–Kier alpha value is -4.19. The zero-order chi connectivity index (χ0) is 46.5. The van der Waals surface area contributed by atoms with Crippen LogP contribution in [-0.2, 0) is 28.6 Å². The molecule has 0 radical (unpaired) electrons. The van der Waals surface area contributed by atoms with E-state index in [-0.39, 0.29) is 37.5 Å². The molecule has 6 nitrogen and oxygen atoms in total. The van der Waals surface area contributed by atoms with Crippen LogP contribution in [-0.4, -0.2) is 37.2 Å². The van der Waals surface area contributed by atoms with Gasteiger partial charge >= 0.3 is 17.9 Å². The maximum absolute atomic E-state index is 12.8. The molecule has 0 rings (SSSR count). The summed E-state index contributed by atoms with van der Waals surface area (Å²) in [5.74, 6) is -0.980. The van der Waals surface area contributed by atoms with E-state index in [4.69, 9.17) is 14.2 Å². The molecule has 0 aromatic heterocycles. The Morgan fingerprint density at radius 1 is 0.344 bits per heavy atom. The van der Waals surface area contributed by atoms with Crippen molar-refractivity contribution < 1.29 is 28.6 Å². The van der Waals surface area contributed by atoms with Crippen molar-refractivity contribution in [2.24, 2.45) is 0 Å². The zero-order valence-electron chi connectivity index (χ0n) is 41.0. The Balaban J connectivity index is 4.54. The average molecular weight is 885 g/mol. The molecule has 64 heavy (non-hydrogen) atoms. The van der Waals surface area contributed by atoms with E-state index in [0.717, 1.165) is 103 Å². The normalized spacial score (nSPS) is 13.1. The number of carbonyl (C=O) groups is 3. The van der Waals surface area contributed by atoms with Gasteiger partial charge in [0.1, 0.15) is 13.2 Å². The molecule has 1 unspecified atom stereocenters. The molecule has 0 saturated heterocycles. The molecule has 1 atom stereocenters. The van der Waals surface area contributed by atoms with Crippen LogP contribution in [0.3, 0.4) is 0 Å². The second-order valence-electron chi connectivity index (χ2n) is 16.5. The van der Waals surface area contributed by atoms with Gasteiger partial charge < -0.3 is 14.2 Å². The van der Waals surface area contributed by atoms with Gasteiger partial charge in [0.2, 0.25) is 0 Å². The van der Waals surface area contributed by atoms with E-state index in [1.54, 1.807) is 0 Å². The molecule has 6 heteroatoms. The molecule has 0 bridgehead atoms. The van der Waals surface area contributed by atoms with Crippen molar-refractivity contribution in [1.29, 1.82) is 0 Å². The summed E-state index contributed by atoms with van der Waals surface area (Å²) in [4.78, 5) is 38.0. The first-order valence-electron chi connectivity index (χ1n) is 25.6. The van der Waals surface area contributed by atoms with Crippen LogP contribution >= 0.6 is 0 Å². The minimum absolute atomic E-state index is 0.104. The standard InChI is InChI=1S/C58H92O6/c1-4-7-10-13-16-19-22-25-27-28-29-30-31-34-36-39-42-45-48-51-57(60)63-54-55(53-62-56(59)50-47-44-41-38-35-32-24-21-18-15-12-9-6-3)64-58(61)52-49-46-43-40-37-33-26-23-20-17-14-11-8-5-2/h7-8,10-11,13,16-17,19-20,22,25-31,33-34,36,55H,4-6,9,12,14-15,18,21,23-24,32,35,37-54H2,1-3H3/b10-7-,11-8-,16-13-,20-17-,22-19-,27-25-,29-28+,31-30-,33-26-,36-34-. The van der Waals surface area contributed by atoms with E-state index >= 15 is 0 Å². The fraction of sp³-hybridized carbons (Fsp3) is 0.603. The van der Waals surface area contributed by atoms with Gasteiger partial charge in [0.05, 0.1) is 0 Å². The molecule has 0 heterocycles. The quantitative estimate of drug-likeness (QED) is 0.0199. The van der Waals surface area contributed by atoms with E-state index in [2.05, 4.69) is 69.4 Å². The highest BCUT2D eigenvalue weighted by Crippen LogP contribution is 2.14. The number of esters is 3. The number of hydrogen-bond acceptors (Lipinski definition) is 6. The second kappa shape index (κ2) is 51.4. The van der Waals surface area contributed by atoms with Crippen LogP contribution in [0.1, 0.15) is 207 Å². The molecule has 0 aromatic rings. The maximum atomic E-state index is 12.8. The smallest absolute Gasteiger partial charge is 0.306 e. The predicted molar refractivity (Wildman–Crippen MR) is 274 cm³/mol. The third-order valence-corrected chi connectivity index (χ3v) is 10.4. The number of rotatable bonds is 44. The molecule has 0 saturated carbocycles. The average Bonchev–Trinajstić information content (AvgIpc) is 3.29. The summed E-state index contributed by atoms with van der Waals surface area (Å²) in [7, 11) is 0. The van der Waals surface area contributed by atoms with Crippen LogP contribution in [0.25, 0.3) is 0 Å². The fourth-order valence-electron chi connectivity index (χ4n) is 6.62. The number of allylic oxidation sites excluding steroid dienone is 20. The fourth-order valence-corrected chi connectivity index (χ4v) is 6.62. The Labute approximate surface area is 392 Å². The van der Waals surface area contributed by atoms with Crippen molar-refractivity contribution in [2.45, 2.75) is 213 Å². The molecule has 0 amide bonds. The predicted octanol–water partition coefficient (Wildman–Crippen LogP) is 16.9. The third kappa shape index (κ3) is 48.8. The molecule has 0 aliphatic carbocycles. The Morgan fingerprint density at radius 3 is 1.16 bits per heavy atom. The lowest BCUT2D eigenvalue weighted by Crippen LogP contribution is -2.30. The van der Waals surface area contributed by atoms with E-state index < -0.39 is 6.10 Å². The number of carbonyl (C=O) groups excluding carboxylic acids is 3. The number of ether oxygens (including phenoxy) is 3. The Bertz CT molecular complexity index is 1390. The minimum atomic E-state index is -0.810.